The number of hydrogen-bond donors (Lipinski definition) is 1. The van der Waals surface area contributed by atoms with E-state index < -0.39 is 36.6 Å². The second kappa shape index (κ2) is 15.5. The maximum atomic E-state index is 13.6. The molecule has 0 heterocycles. The number of hydrogen-bond acceptors (Lipinski definition) is 4. The van der Waals surface area contributed by atoms with Crippen LogP contribution >= 0.6 is 7.05 Å². The molecule has 4 nitrogen and oxygen atoms in total. The maximum absolute atomic E-state index is 13.6. The molecule has 51 heavy (non-hydrogen) atoms. The summed E-state index contributed by atoms with van der Waals surface area (Å²) in [5.41, 5.74) is -0.794. The lowest BCUT2D eigenvalue weighted by molar-refractivity contribution is -0.143. The topological polar surface area (TPSA) is 42.9 Å². The lowest BCUT2D eigenvalue weighted by atomic mass is 10.0. The van der Waals surface area contributed by atoms with Crippen LogP contribution in [0.3, 0.4) is 0 Å². The number of benzene rings is 5. The summed E-state index contributed by atoms with van der Waals surface area (Å²) in [5, 5.41) is 6.18. The minimum absolute atomic E-state index is 0.123. The highest BCUT2D eigenvalue weighted by Gasteiger charge is 2.37. The van der Waals surface area contributed by atoms with E-state index in [1.54, 1.807) is 14.2 Å². The molecule has 0 saturated carbocycles. The number of nitrogens with zero attached hydrogens (tertiary/aromatic N) is 1. The van der Waals surface area contributed by atoms with Crippen molar-refractivity contribution in [3.05, 3.63) is 161 Å². The number of methoxy groups -OCH3 is 2. The molecule has 0 aliphatic carbocycles. The molecular weight excluding hydrogens is 685 g/mol. The number of rotatable bonds is 12. The van der Waals surface area contributed by atoms with Gasteiger partial charge in [0.2, 0.25) is 0 Å². The summed E-state index contributed by atoms with van der Waals surface area (Å²) in [7, 11) is 0.415. The number of aryl methyl sites for hydroxylation is 1. The van der Waals surface area contributed by atoms with E-state index in [1.807, 2.05) is 97.9 Å². The molecule has 0 aliphatic heterocycles. The van der Waals surface area contributed by atoms with Crippen molar-refractivity contribution in [3.63, 3.8) is 0 Å². The van der Waals surface area contributed by atoms with Crippen molar-refractivity contribution in [2.45, 2.75) is 31.7 Å². The molecule has 266 valence electrons. The Bertz CT molecular complexity index is 1910. The van der Waals surface area contributed by atoms with Gasteiger partial charge in [0, 0.05) is 28.0 Å². The molecule has 0 aromatic heterocycles. The third kappa shape index (κ3) is 8.86. The monoisotopic (exact) mass is 722 g/mol. The summed E-state index contributed by atoms with van der Waals surface area (Å²) >= 11 is 0. The lowest BCUT2D eigenvalue weighted by Gasteiger charge is -2.29. The minimum atomic E-state index is -4.96. The molecular formula is C40H37F6N2O2P. The van der Waals surface area contributed by atoms with Gasteiger partial charge in [0.25, 0.3) is 0 Å². The van der Waals surface area contributed by atoms with Crippen molar-refractivity contribution >= 4 is 23.0 Å². The van der Waals surface area contributed by atoms with Gasteiger partial charge in [0.15, 0.2) is 0 Å². The van der Waals surface area contributed by atoms with Gasteiger partial charge < -0.3 is 14.8 Å². The van der Waals surface area contributed by atoms with E-state index in [1.165, 1.54) is 0 Å². The molecule has 5 aromatic rings. The Hall–Kier alpha value is -4.95. The molecule has 0 bridgehead atoms. The number of nitrogens with one attached hydrogen (secondary N) is 1. The van der Waals surface area contributed by atoms with Crippen LogP contribution < -0.4 is 30.7 Å². The molecule has 0 aliphatic rings. The van der Waals surface area contributed by atoms with Crippen LogP contribution in [0.1, 0.15) is 33.9 Å². The fourth-order valence-corrected chi connectivity index (χ4v) is 9.37. The zero-order chi connectivity index (χ0) is 36.8. The highest BCUT2D eigenvalue weighted by atomic mass is 31.2. The Morgan fingerprint density at radius 2 is 1.14 bits per heavy atom. The van der Waals surface area contributed by atoms with E-state index in [0.29, 0.717) is 11.5 Å². The highest BCUT2D eigenvalue weighted by molar-refractivity contribution is 7.87. The van der Waals surface area contributed by atoms with E-state index >= 15 is 0 Å². The Kier molecular flexibility index (Phi) is 11.4. The van der Waals surface area contributed by atoms with Crippen LogP contribution in [0.5, 0.6) is 11.5 Å². The molecule has 0 spiro atoms. The molecule has 11 heteroatoms. The number of ether oxygens (including phenoxy) is 2. The second-order valence-electron chi connectivity index (χ2n) is 12.0. The van der Waals surface area contributed by atoms with E-state index in [4.69, 9.17) is 14.2 Å². The molecule has 0 radical (unpaired) electrons. The number of alkyl halides is 6. The van der Waals surface area contributed by atoms with Gasteiger partial charge in [-0.3, -0.25) is 4.74 Å². The number of halogens is 6. The Balaban J connectivity index is 1.63. The number of allylic oxidation sites excluding steroid dienone is 1. The van der Waals surface area contributed by atoms with Crippen LogP contribution in [-0.2, 0) is 18.8 Å². The highest BCUT2D eigenvalue weighted by Crippen LogP contribution is 2.48. The standard InChI is InChI=1S/C40H37F6N2O2P/c1-27-10-16-35(17-11-27)51(36-18-12-33(49-3)13-19-36,37-20-14-34(50-4)15-21-37)47-26-38(30-8-6-5-7-9-30)48-28(2)22-29-23-31(39(41,42)43)25-32(24-29)40(44,45)46/h5-21,23-25,38,48H,2,22,26H2,1,3-4H3/t38-/m0/s1. The molecule has 0 fully saturated rings. The van der Waals surface area contributed by atoms with Crippen LogP contribution in [0.15, 0.2) is 138 Å². The average molecular weight is 723 g/mol. The first-order chi connectivity index (χ1) is 24.2. The predicted molar refractivity (Wildman–Crippen MR) is 192 cm³/mol. The fraction of sp³-hybridized carbons (Fsp3) is 0.200. The van der Waals surface area contributed by atoms with Gasteiger partial charge in [-0.15, -0.1) is 0 Å². The van der Waals surface area contributed by atoms with Crippen molar-refractivity contribution in [2.24, 2.45) is 4.74 Å². The Morgan fingerprint density at radius 1 is 0.686 bits per heavy atom. The van der Waals surface area contributed by atoms with Gasteiger partial charge >= 0.3 is 12.4 Å². The second-order valence-corrected chi connectivity index (χ2v) is 15.1. The SMILES string of the molecule is C=C(Cc1cc(C(F)(F)F)cc(C(F)(F)F)c1)N[C@@H](CN=P(c1ccc(C)cc1)(c1ccc(OC)cc1)c1ccc(OC)cc1)c1ccccc1. The quantitative estimate of drug-likeness (QED) is 0.103. The summed E-state index contributed by atoms with van der Waals surface area (Å²) < 4.78 is 98.2. The molecule has 0 unspecified atom stereocenters. The van der Waals surface area contributed by atoms with Crippen molar-refractivity contribution in [1.82, 2.24) is 5.32 Å². The first-order valence-electron chi connectivity index (χ1n) is 15.9. The van der Waals surface area contributed by atoms with Crippen LogP contribution in [0.25, 0.3) is 0 Å². The zero-order valence-corrected chi connectivity index (χ0v) is 29.1. The minimum Gasteiger partial charge on any atom is -0.497 e. The summed E-state index contributed by atoms with van der Waals surface area (Å²) in [6.45, 7) is 6.22. The summed E-state index contributed by atoms with van der Waals surface area (Å²) in [6.07, 6.45) is -10.2. The predicted octanol–water partition coefficient (Wildman–Crippen LogP) is 9.61. The lowest BCUT2D eigenvalue weighted by Crippen LogP contribution is -2.28. The van der Waals surface area contributed by atoms with Gasteiger partial charge in [0.1, 0.15) is 11.5 Å². The maximum Gasteiger partial charge on any atom is 0.416 e. The first-order valence-corrected chi connectivity index (χ1v) is 17.7. The van der Waals surface area contributed by atoms with Gasteiger partial charge in [-0.1, -0.05) is 66.7 Å². The van der Waals surface area contributed by atoms with Gasteiger partial charge in [-0.05, 0) is 84.8 Å². The van der Waals surface area contributed by atoms with Crippen LogP contribution in [0, 0.1) is 6.92 Å². The van der Waals surface area contributed by atoms with E-state index in [0.717, 1.165) is 39.2 Å². The summed E-state index contributed by atoms with van der Waals surface area (Å²) in [4.78, 5) is 0. The molecule has 0 amide bonds. The summed E-state index contributed by atoms with van der Waals surface area (Å²) in [5.74, 6) is 1.36. The molecule has 1 N–H and O–H groups in total. The smallest absolute Gasteiger partial charge is 0.416 e. The van der Waals surface area contributed by atoms with Gasteiger partial charge in [0.05, 0.1) is 45.0 Å². The van der Waals surface area contributed by atoms with Crippen LogP contribution in [0.2, 0.25) is 0 Å². The third-order valence-electron chi connectivity index (χ3n) is 8.42. The Morgan fingerprint density at radius 3 is 1.57 bits per heavy atom. The van der Waals surface area contributed by atoms with Crippen molar-refractivity contribution in [3.8, 4) is 11.5 Å². The van der Waals surface area contributed by atoms with Crippen molar-refractivity contribution in [2.75, 3.05) is 20.8 Å². The van der Waals surface area contributed by atoms with Crippen LogP contribution in [-0.4, -0.2) is 20.8 Å². The zero-order valence-electron chi connectivity index (χ0n) is 28.2. The van der Waals surface area contributed by atoms with Gasteiger partial charge in [-0.25, -0.2) is 0 Å². The van der Waals surface area contributed by atoms with E-state index in [9.17, 15) is 26.3 Å². The van der Waals surface area contributed by atoms with E-state index in [2.05, 4.69) is 24.0 Å². The molecule has 0 saturated heterocycles. The van der Waals surface area contributed by atoms with E-state index in [-0.39, 0.29) is 30.3 Å². The summed E-state index contributed by atoms with van der Waals surface area (Å²) in [6, 6.07) is 34.1. The van der Waals surface area contributed by atoms with Gasteiger partial charge in [-0.2, -0.15) is 26.3 Å². The molecule has 1 atom stereocenters. The first kappa shape index (κ1) is 37.3. The largest absolute Gasteiger partial charge is 0.497 e. The normalized spacial score (nSPS) is 12.6. The van der Waals surface area contributed by atoms with Crippen LogP contribution in [0.4, 0.5) is 26.3 Å². The Labute approximate surface area is 293 Å². The van der Waals surface area contributed by atoms with Crippen molar-refractivity contribution in [1.29, 1.82) is 0 Å². The van der Waals surface area contributed by atoms with Crippen molar-refractivity contribution < 1.29 is 35.8 Å². The fourth-order valence-electron chi connectivity index (χ4n) is 5.84. The average Bonchev–Trinajstić information content (AvgIpc) is 3.12. The molecule has 5 aromatic carbocycles. The third-order valence-corrected chi connectivity index (χ3v) is 12.1. The molecule has 5 rings (SSSR count).